The lowest BCUT2D eigenvalue weighted by Gasteiger charge is -2.24. The van der Waals surface area contributed by atoms with Gasteiger partial charge in [-0.2, -0.15) is 0 Å². The molecule has 0 bridgehead atoms. The summed E-state index contributed by atoms with van der Waals surface area (Å²) in [5.41, 5.74) is 0.111. The Labute approximate surface area is 172 Å². The monoisotopic (exact) mass is 471 g/mol. The number of imidazole rings is 1. The van der Waals surface area contributed by atoms with Gasteiger partial charge >= 0.3 is 17.9 Å². The fourth-order valence-electron chi connectivity index (χ4n) is 3.14. The topological polar surface area (TPSA) is 139 Å². The number of aromatic amines is 1. The summed E-state index contributed by atoms with van der Waals surface area (Å²) >= 11 is 3.35. The maximum Gasteiger partial charge on any atom is 0.303 e. The molecule has 1 fully saturated rings. The SMILES string of the molecule is CC(=O)OC[C@H]1O[C@@H](n2cnc3c(=O)[nH]cc(Br)c32)[C@H](OC(C)=O)[C@@H]1OC(C)=O. The largest absolute Gasteiger partial charge is 0.463 e. The molecule has 29 heavy (non-hydrogen) atoms. The molecule has 12 heteroatoms. The second-order valence-corrected chi connectivity index (χ2v) is 7.18. The highest BCUT2D eigenvalue weighted by atomic mass is 79.9. The molecule has 2 aromatic rings. The predicted molar refractivity (Wildman–Crippen MR) is 99.7 cm³/mol. The van der Waals surface area contributed by atoms with E-state index in [-0.39, 0.29) is 12.1 Å². The van der Waals surface area contributed by atoms with Gasteiger partial charge in [-0.25, -0.2) is 4.98 Å². The molecule has 0 amide bonds. The van der Waals surface area contributed by atoms with Crippen LogP contribution in [-0.4, -0.2) is 57.4 Å². The third-order valence-corrected chi connectivity index (χ3v) is 4.78. The number of H-pyrrole nitrogens is 1. The van der Waals surface area contributed by atoms with Crippen LogP contribution in [0.2, 0.25) is 0 Å². The zero-order valence-electron chi connectivity index (χ0n) is 15.7. The third-order valence-electron chi connectivity index (χ3n) is 4.18. The van der Waals surface area contributed by atoms with E-state index in [1.807, 2.05) is 0 Å². The highest BCUT2D eigenvalue weighted by molar-refractivity contribution is 9.10. The number of hydrogen-bond acceptors (Lipinski definition) is 9. The Morgan fingerprint density at radius 1 is 1.17 bits per heavy atom. The van der Waals surface area contributed by atoms with Crippen LogP contribution in [0.25, 0.3) is 11.0 Å². The Morgan fingerprint density at radius 3 is 2.45 bits per heavy atom. The quantitative estimate of drug-likeness (QED) is 0.495. The number of carbonyl (C=O) groups is 3. The number of pyridine rings is 1. The molecule has 1 N–H and O–H groups in total. The first-order valence-electron chi connectivity index (χ1n) is 8.56. The number of ether oxygens (including phenoxy) is 4. The van der Waals surface area contributed by atoms with Crippen molar-refractivity contribution in [1.82, 2.24) is 14.5 Å². The average Bonchev–Trinajstić information content (AvgIpc) is 3.19. The summed E-state index contributed by atoms with van der Waals surface area (Å²) in [6.45, 7) is 3.40. The first-order chi connectivity index (χ1) is 13.7. The number of halogens is 1. The van der Waals surface area contributed by atoms with Crippen molar-refractivity contribution in [3.63, 3.8) is 0 Å². The first kappa shape index (κ1) is 21.0. The van der Waals surface area contributed by atoms with Crippen LogP contribution in [-0.2, 0) is 33.3 Å². The molecule has 0 spiro atoms. The molecule has 1 aliphatic rings. The smallest absolute Gasteiger partial charge is 0.303 e. The number of aromatic nitrogens is 3. The van der Waals surface area contributed by atoms with E-state index < -0.39 is 48.0 Å². The molecule has 3 rings (SSSR count). The Balaban J connectivity index is 2.07. The van der Waals surface area contributed by atoms with E-state index >= 15 is 0 Å². The van der Waals surface area contributed by atoms with E-state index in [0.29, 0.717) is 9.99 Å². The average molecular weight is 472 g/mol. The van der Waals surface area contributed by atoms with Crippen molar-refractivity contribution >= 4 is 44.9 Å². The normalized spacial score (nSPS) is 23.7. The molecule has 1 aliphatic heterocycles. The van der Waals surface area contributed by atoms with Gasteiger partial charge in [0.25, 0.3) is 5.56 Å². The van der Waals surface area contributed by atoms with Gasteiger partial charge in [-0.3, -0.25) is 23.7 Å². The molecule has 0 unspecified atom stereocenters. The lowest BCUT2D eigenvalue weighted by molar-refractivity contribution is -0.166. The van der Waals surface area contributed by atoms with Crippen LogP contribution in [0.15, 0.2) is 21.8 Å². The zero-order chi connectivity index (χ0) is 21.3. The van der Waals surface area contributed by atoms with Gasteiger partial charge in [0.05, 0.1) is 16.3 Å². The molecule has 0 aromatic carbocycles. The second kappa shape index (κ2) is 8.33. The van der Waals surface area contributed by atoms with Crippen LogP contribution in [0.3, 0.4) is 0 Å². The Hall–Kier alpha value is -2.73. The van der Waals surface area contributed by atoms with Gasteiger partial charge in [0, 0.05) is 27.0 Å². The summed E-state index contributed by atoms with van der Waals surface area (Å²) in [7, 11) is 0. The zero-order valence-corrected chi connectivity index (χ0v) is 17.3. The second-order valence-electron chi connectivity index (χ2n) is 6.33. The highest BCUT2D eigenvalue weighted by Crippen LogP contribution is 2.37. The number of fused-ring (bicyclic) bond motifs is 1. The van der Waals surface area contributed by atoms with Crippen LogP contribution in [0, 0.1) is 0 Å². The first-order valence-corrected chi connectivity index (χ1v) is 9.35. The van der Waals surface area contributed by atoms with Crippen molar-refractivity contribution in [3.05, 3.63) is 27.4 Å². The number of rotatable bonds is 5. The predicted octanol–water partition coefficient (Wildman–Crippen LogP) is 0.811. The van der Waals surface area contributed by atoms with E-state index in [9.17, 15) is 19.2 Å². The lowest BCUT2D eigenvalue weighted by atomic mass is 10.1. The van der Waals surface area contributed by atoms with E-state index in [1.54, 1.807) is 0 Å². The minimum atomic E-state index is -1.07. The number of esters is 3. The summed E-state index contributed by atoms with van der Waals surface area (Å²) in [6.07, 6.45) is -1.22. The van der Waals surface area contributed by atoms with Crippen LogP contribution in [0.1, 0.15) is 27.0 Å². The van der Waals surface area contributed by atoms with Crippen LogP contribution in [0.4, 0.5) is 0 Å². The number of nitrogens with one attached hydrogen (secondary N) is 1. The fraction of sp³-hybridized carbons (Fsp3) is 0.471. The van der Waals surface area contributed by atoms with Crippen LogP contribution in [0.5, 0.6) is 0 Å². The van der Waals surface area contributed by atoms with Gasteiger partial charge in [-0.15, -0.1) is 0 Å². The van der Waals surface area contributed by atoms with Gasteiger partial charge < -0.3 is 23.9 Å². The summed E-state index contributed by atoms with van der Waals surface area (Å²) in [5.74, 6) is -1.81. The molecular formula is C17H18BrN3O8. The lowest BCUT2D eigenvalue weighted by Crippen LogP contribution is -2.40. The van der Waals surface area contributed by atoms with E-state index in [2.05, 4.69) is 25.9 Å². The summed E-state index contributed by atoms with van der Waals surface area (Å²) < 4.78 is 23.7. The molecule has 0 radical (unpaired) electrons. The van der Waals surface area contributed by atoms with Crippen molar-refractivity contribution < 1.29 is 33.3 Å². The third kappa shape index (κ3) is 4.32. The number of nitrogens with zero attached hydrogens (tertiary/aromatic N) is 2. The standard InChI is InChI=1S/C17H18BrN3O8/c1-7(22)26-5-11-14(27-8(2)23)15(28-9(3)24)17(29-11)21-6-20-12-13(21)10(18)4-19-16(12)25/h4,6,11,14-15,17H,5H2,1-3H3,(H,19,25)/t11-,14-,15-,17-/m1/s1. The van der Waals surface area contributed by atoms with Crippen molar-refractivity contribution in [2.75, 3.05) is 6.61 Å². The van der Waals surface area contributed by atoms with Gasteiger partial charge in [-0.05, 0) is 15.9 Å². The minimum Gasteiger partial charge on any atom is -0.463 e. The summed E-state index contributed by atoms with van der Waals surface area (Å²) in [4.78, 5) is 53.3. The molecular weight excluding hydrogens is 454 g/mol. The molecule has 3 heterocycles. The van der Waals surface area contributed by atoms with Crippen molar-refractivity contribution in [2.24, 2.45) is 0 Å². The maximum atomic E-state index is 12.1. The van der Waals surface area contributed by atoms with Crippen molar-refractivity contribution in [3.8, 4) is 0 Å². The minimum absolute atomic E-state index is 0.136. The number of carbonyl (C=O) groups excluding carboxylic acids is 3. The Kier molecular flexibility index (Phi) is 6.03. The van der Waals surface area contributed by atoms with E-state index in [1.165, 1.54) is 37.9 Å². The van der Waals surface area contributed by atoms with E-state index in [0.717, 1.165) is 0 Å². The van der Waals surface area contributed by atoms with Gasteiger partial charge in [0.15, 0.2) is 24.0 Å². The molecule has 11 nitrogen and oxygen atoms in total. The highest BCUT2D eigenvalue weighted by Gasteiger charge is 2.51. The summed E-state index contributed by atoms with van der Waals surface area (Å²) in [5, 5.41) is 0. The van der Waals surface area contributed by atoms with Crippen molar-refractivity contribution in [2.45, 2.75) is 45.3 Å². The molecule has 4 atom stereocenters. The molecule has 2 aromatic heterocycles. The number of hydrogen-bond donors (Lipinski definition) is 1. The van der Waals surface area contributed by atoms with Gasteiger partial charge in [0.1, 0.15) is 12.7 Å². The maximum absolute atomic E-state index is 12.1. The molecule has 156 valence electrons. The van der Waals surface area contributed by atoms with Crippen molar-refractivity contribution in [1.29, 1.82) is 0 Å². The van der Waals surface area contributed by atoms with Crippen LogP contribution >= 0.6 is 15.9 Å². The van der Waals surface area contributed by atoms with Crippen LogP contribution < -0.4 is 5.56 Å². The molecule has 0 saturated carbocycles. The Morgan fingerprint density at radius 2 is 1.83 bits per heavy atom. The molecule has 0 aliphatic carbocycles. The summed E-state index contributed by atoms with van der Waals surface area (Å²) in [6, 6.07) is 0. The van der Waals surface area contributed by atoms with Gasteiger partial charge in [-0.1, -0.05) is 0 Å². The molecule has 1 saturated heterocycles. The fourth-order valence-corrected chi connectivity index (χ4v) is 3.65. The Bertz CT molecular complexity index is 1020. The van der Waals surface area contributed by atoms with E-state index in [4.69, 9.17) is 18.9 Å². The van der Waals surface area contributed by atoms with Gasteiger partial charge in [0.2, 0.25) is 0 Å².